The van der Waals surface area contributed by atoms with Crippen LogP contribution in [0.25, 0.3) is 0 Å². The normalized spacial score (nSPS) is 23.7. The second-order valence-corrected chi connectivity index (χ2v) is 6.19. The molecule has 2 atom stereocenters. The Balaban J connectivity index is 1.48. The molecule has 120 valence electrons. The van der Waals surface area contributed by atoms with Gasteiger partial charge in [-0.2, -0.15) is 0 Å². The summed E-state index contributed by atoms with van der Waals surface area (Å²) in [5, 5.41) is 8.18. The van der Waals surface area contributed by atoms with Crippen LogP contribution in [-0.4, -0.2) is 51.1 Å². The maximum atomic E-state index is 12.8. The summed E-state index contributed by atoms with van der Waals surface area (Å²) >= 11 is 0. The Labute approximate surface area is 135 Å². The van der Waals surface area contributed by atoms with E-state index < -0.39 is 0 Å². The summed E-state index contributed by atoms with van der Waals surface area (Å²) < 4.78 is 7.48. The van der Waals surface area contributed by atoms with Crippen LogP contribution in [0.3, 0.4) is 0 Å². The van der Waals surface area contributed by atoms with Crippen LogP contribution in [0.1, 0.15) is 35.3 Å². The van der Waals surface area contributed by atoms with Gasteiger partial charge in [-0.15, -0.1) is 5.10 Å². The van der Waals surface area contributed by atoms with Crippen LogP contribution in [-0.2, 0) is 11.3 Å². The highest BCUT2D eigenvalue weighted by atomic mass is 16.5. The van der Waals surface area contributed by atoms with Crippen molar-refractivity contribution < 1.29 is 9.53 Å². The Hall–Kier alpha value is -2.21. The first kappa shape index (κ1) is 14.4. The SMILES string of the molecule is O=C(c1cn(Cc2ccccc2)nn1)N1CCOC2CCCC21. The highest BCUT2D eigenvalue weighted by Crippen LogP contribution is 2.30. The number of rotatable bonds is 3. The number of ether oxygens (including phenoxy) is 1. The average molecular weight is 312 g/mol. The molecule has 23 heavy (non-hydrogen) atoms. The molecule has 2 aliphatic rings. The Morgan fingerprint density at radius 1 is 1.26 bits per heavy atom. The van der Waals surface area contributed by atoms with Crippen LogP contribution in [0.15, 0.2) is 36.5 Å². The number of hydrogen-bond donors (Lipinski definition) is 0. The third-order valence-corrected chi connectivity index (χ3v) is 4.69. The van der Waals surface area contributed by atoms with Crippen molar-refractivity contribution in [2.24, 2.45) is 0 Å². The summed E-state index contributed by atoms with van der Waals surface area (Å²) in [6, 6.07) is 10.2. The van der Waals surface area contributed by atoms with Crippen LogP contribution < -0.4 is 0 Å². The first-order valence-corrected chi connectivity index (χ1v) is 8.18. The first-order chi connectivity index (χ1) is 11.3. The highest BCUT2D eigenvalue weighted by molar-refractivity contribution is 5.92. The zero-order valence-corrected chi connectivity index (χ0v) is 13.0. The lowest BCUT2D eigenvalue weighted by molar-refractivity contribution is -0.0447. The summed E-state index contributed by atoms with van der Waals surface area (Å²) in [6.07, 6.45) is 5.14. The van der Waals surface area contributed by atoms with Gasteiger partial charge in [-0.25, -0.2) is 4.68 Å². The Morgan fingerprint density at radius 2 is 2.13 bits per heavy atom. The van der Waals surface area contributed by atoms with E-state index in [0.29, 0.717) is 25.4 Å². The number of carbonyl (C=O) groups is 1. The van der Waals surface area contributed by atoms with E-state index in [9.17, 15) is 4.79 Å². The lowest BCUT2D eigenvalue weighted by Crippen LogP contribution is -2.51. The number of morpholine rings is 1. The fraction of sp³-hybridized carbons (Fsp3) is 0.471. The molecule has 0 spiro atoms. The molecule has 6 nitrogen and oxygen atoms in total. The molecule has 1 aromatic heterocycles. The largest absolute Gasteiger partial charge is 0.374 e. The summed E-state index contributed by atoms with van der Waals surface area (Å²) in [5.41, 5.74) is 1.56. The van der Waals surface area contributed by atoms with E-state index in [2.05, 4.69) is 10.3 Å². The maximum absolute atomic E-state index is 12.8. The van der Waals surface area contributed by atoms with Crippen molar-refractivity contribution in [1.29, 1.82) is 0 Å². The van der Waals surface area contributed by atoms with E-state index in [-0.39, 0.29) is 18.1 Å². The lowest BCUT2D eigenvalue weighted by Gasteiger charge is -2.37. The van der Waals surface area contributed by atoms with Gasteiger partial charge in [-0.1, -0.05) is 35.5 Å². The van der Waals surface area contributed by atoms with Crippen LogP contribution in [0.4, 0.5) is 0 Å². The summed E-state index contributed by atoms with van der Waals surface area (Å²) in [6.45, 7) is 1.88. The number of nitrogens with zero attached hydrogens (tertiary/aromatic N) is 4. The molecule has 1 aliphatic heterocycles. The summed E-state index contributed by atoms with van der Waals surface area (Å²) in [7, 11) is 0. The molecule has 0 radical (unpaired) electrons. The smallest absolute Gasteiger partial charge is 0.276 e. The minimum atomic E-state index is -0.0236. The van der Waals surface area contributed by atoms with Crippen molar-refractivity contribution in [3.63, 3.8) is 0 Å². The van der Waals surface area contributed by atoms with Crippen molar-refractivity contribution in [3.8, 4) is 0 Å². The maximum Gasteiger partial charge on any atom is 0.276 e. The van der Waals surface area contributed by atoms with E-state index in [1.807, 2.05) is 35.2 Å². The molecule has 2 fully saturated rings. The van der Waals surface area contributed by atoms with Gasteiger partial charge in [0.1, 0.15) is 0 Å². The van der Waals surface area contributed by atoms with Gasteiger partial charge >= 0.3 is 0 Å². The minimum absolute atomic E-state index is 0.0236. The Bertz CT molecular complexity index is 685. The van der Waals surface area contributed by atoms with E-state index in [1.165, 1.54) is 0 Å². The van der Waals surface area contributed by atoms with Gasteiger partial charge < -0.3 is 9.64 Å². The predicted octanol–water partition coefficient (Wildman–Crippen LogP) is 1.72. The van der Waals surface area contributed by atoms with Gasteiger partial charge in [0.05, 0.1) is 31.5 Å². The number of benzene rings is 1. The summed E-state index contributed by atoms with van der Waals surface area (Å²) in [5.74, 6) is -0.0236. The molecule has 2 heterocycles. The Morgan fingerprint density at radius 3 is 3.00 bits per heavy atom. The molecular weight excluding hydrogens is 292 g/mol. The van der Waals surface area contributed by atoms with Crippen molar-refractivity contribution in [1.82, 2.24) is 19.9 Å². The van der Waals surface area contributed by atoms with Gasteiger partial charge in [-0.05, 0) is 24.8 Å². The van der Waals surface area contributed by atoms with Crippen molar-refractivity contribution in [3.05, 3.63) is 47.8 Å². The molecule has 0 bridgehead atoms. The van der Waals surface area contributed by atoms with E-state index in [0.717, 1.165) is 24.8 Å². The molecule has 2 unspecified atom stereocenters. The standard InChI is InChI=1S/C17H20N4O2/c22-17(21-9-10-23-16-8-4-7-15(16)21)14-12-20(19-18-14)11-13-5-2-1-3-6-13/h1-3,5-6,12,15-16H,4,7-11H2. The second kappa shape index (κ2) is 6.12. The van der Waals surface area contributed by atoms with Gasteiger partial charge in [0, 0.05) is 6.54 Å². The molecule has 4 rings (SSSR count). The number of aromatic nitrogens is 3. The molecule has 0 N–H and O–H groups in total. The zero-order chi connectivity index (χ0) is 15.6. The molecule has 1 saturated carbocycles. The molecule has 1 saturated heterocycles. The van der Waals surface area contributed by atoms with Crippen LogP contribution in [0, 0.1) is 0 Å². The highest BCUT2D eigenvalue weighted by Gasteiger charge is 2.39. The van der Waals surface area contributed by atoms with Crippen molar-refractivity contribution >= 4 is 5.91 Å². The van der Waals surface area contributed by atoms with Crippen LogP contribution in [0.2, 0.25) is 0 Å². The van der Waals surface area contributed by atoms with E-state index in [4.69, 9.17) is 4.74 Å². The minimum Gasteiger partial charge on any atom is -0.374 e. The van der Waals surface area contributed by atoms with Gasteiger partial charge in [0.2, 0.25) is 0 Å². The van der Waals surface area contributed by atoms with Gasteiger partial charge in [0.25, 0.3) is 5.91 Å². The monoisotopic (exact) mass is 312 g/mol. The molecule has 1 aromatic carbocycles. The lowest BCUT2D eigenvalue weighted by atomic mass is 10.1. The molecule has 6 heteroatoms. The topological polar surface area (TPSA) is 60.2 Å². The molecule has 2 aromatic rings. The quantitative estimate of drug-likeness (QED) is 0.866. The fourth-order valence-electron chi connectivity index (χ4n) is 3.57. The van der Waals surface area contributed by atoms with Crippen molar-refractivity contribution in [2.45, 2.75) is 38.0 Å². The average Bonchev–Trinajstić information content (AvgIpc) is 3.24. The van der Waals surface area contributed by atoms with Gasteiger partial charge in [0.15, 0.2) is 5.69 Å². The summed E-state index contributed by atoms with van der Waals surface area (Å²) in [4.78, 5) is 14.7. The van der Waals surface area contributed by atoms with Gasteiger partial charge in [-0.3, -0.25) is 4.79 Å². The number of amides is 1. The van der Waals surface area contributed by atoms with E-state index in [1.54, 1.807) is 10.9 Å². The number of fused-ring (bicyclic) bond motifs is 1. The molecule has 1 aliphatic carbocycles. The molecule has 1 amide bonds. The Kier molecular flexibility index (Phi) is 3.83. The molecular formula is C17H20N4O2. The zero-order valence-electron chi connectivity index (χ0n) is 13.0. The number of hydrogen-bond acceptors (Lipinski definition) is 4. The van der Waals surface area contributed by atoms with Crippen molar-refractivity contribution in [2.75, 3.05) is 13.2 Å². The van der Waals surface area contributed by atoms with E-state index >= 15 is 0 Å². The number of carbonyl (C=O) groups excluding carboxylic acids is 1. The third kappa shape index (κ3) is 2.86. The fourth-order valence-corrected chi connectivity index (χ4v) is 3.57. The van der Waals surface area contributed by atoms with Crippen LogP contribution >= 0.6 is 0 Å². The second-order valence-electron chi connectivity index (χ2n) is 6.19. The predicted molar refractivity (Wildman–Crippen MR) is 84.0 cm³/mol. The first-order valence-electron chi connectivity index (χ1n) is 8.18. The third-order valence-electron chi connectivity index (χ3n) is 4.69. The van der Waals surface area contributed by atoms with Crippen LogP contribution in [0.5, 0.6) is 0 Å².